The van der Waals surface area contributed by atoms with E-state index in [0.29, 0.717) is 33.4 Å². The number of aromatic nitrogens is 5. The summed E-state index contributed by atoms with van der Waals surface area (Å²) in [5.74, 6) is 0.0699. The summed E-state index contributed by atoms with van der Waals surface area (Å²) in [5.41, 5.74) is 2.00. The van der Waals surface area contributed by atoms with Gasteiger partial charge < -0.3 is 20.3 Å². The second-order valence-corrected chi connectivity index (χ2v) is 7.60. The number of carbonyl (C=O) groups excluding carboxylic acids is 1. The fourth-order valence-corrected chi connectivity index (χ4v) is 3.36. The van der Waals surface area contributed by atoms with Crippen molar-refractivity contribution in [3.63, 3.8) is 0 Å². The fraction of sp³-hybridized carbons (Fsp3) is 0.238. The average Bonchev–Trinajstić information content (AvgIpc) is 3.37. The van der Waals surface area contributed by atoms with Gasteiger partial charge >= 0.3 is 0 Å². The number of hydrogen-bond donors (Lipinski definition) is 3. The van der Waals surface area contributed by atoms with Gasteiger partial charge in [0.05, 0.1) is 37.7 Å². The van der Waals surface area contributed by atoms with Crippen LogP contribution >= 0.6 is 11.6 Å². The second-order valence-electron chi connectivity index (χ2n) is 7.17. The smallest absolute Gasteiger partial charge is 0.261 e. The van der Waals surface area contributed by atoms with Crippen molar-refractivity contribution in [2.24, 2.45) is 0 Å². The molecule has 0 fully saturated rings. The van der Waals surface area contributed by atoms with E-state index in [0.717, 1.165) is 0 Å². The Morgan fingerprint density at radius 3 is 2.91 bits per heavy atom. The van der Waals surface area contributed by atoms with Crippen molar-refractivity contribution in [2.45, 2.75) is 25.7 Å². The molecule has 4 rings (SSSR count). The minimum absolute atomic E-state index is 0.0156. The SMILES string of the molecule is COc1ccc(Cl)cc1-c1nn(C[C@H](O)[C@@H](C)O)cc1NC(=O)c1cnn2cccnc12. The highest BCUT2D eigenvalue weighted by atomic mass is 35.5. The minimum atomic E-state index is -1.05. The number of amides is 1. The lowest BCUT2D eigenvalue weighted by atomic mass is 10.1. The lowest BCUT2D eigenvalue weighted by Gasteiger charge is -2.13. The van der Waals surface area contributed by atoms with Crippen molar-refractivity contribution in [3.05, 3.63) is 59.6 Å². The molecule has 10 nitrogen and oxygen atoms in total. The Morgan fingerprint density at radius 2 is 2.16 bits per heavy atom. The van der Waals surface area contributed by atoms with E-state index in [1.165, 1.54) is 29.4 Å². The van der Waals surface area contributed by atoms with E-state index in [2.05, 4.69) is 20.5 Å². The van der Waals surface area contributed by atoms with Gasteiger partial charge in [0.1, 0.15) is 17.0 Å². The summed E-state index contributed by atoms with van der Waals surface area (Å²) >= 11 is 6.19. The van der Waals surface area contributed by atoms with Crippen LogP contribution in [-0.4, -0.2) is 59.8 Å². The highest BCUT2D eigenvalue weighted by Crippen LogP contribution is 2.36. The number of aliphatic hydroxyl groups excluding tert-OH is 2. The monoisotopic (exact) mass is 456 g/mol. The second kappa shape index (κ2) is 8.95. The summed E-state index contributed by atoms with van der Waals surface area (Å²) in [6.07, 6.45) is 4.27. The Labute approximate surface area is 188 Å². The van der Waals surface area contributed by atoms with Gasteiger partial charge in [0.2, 0.25) is 0 Å². The number of nitrogens with zero attached hydrogens (tertiary/aromatic N) is 5. The Kier molecular flexibility index (Phi) is 6.08. The van der Waals surface area contributed by atoms with Gasteiger partial charge in [-0.2, -0.15) is 10.2 Å². The Balaban J connectivity index is 1.75. The first-order valence-corrected chi connectivity index (χ1v) is 10.1. The van der Waals surface area contributed by atoms with Crippen molar-refractivity contribution in [1.29, 1.82) is 0 Å². The standard InChI is InChI=1S/C21H21ClN6O4/c1-12(29)17(30)11-27-10-16(19(26-27)14-8-13(22)4-5-18(14)32-2)25-21(31)15-9-24-28-7-3-6-23-20(15)28/h3-10,12,17,29-30H,11H2,1-2H3,(H,25,31)/t12-,17+/m1/s1. The van der Waals surface area contributed by atoms with Crippen LogP contribution in [0.3, 0.4) is 0 Å². The molecule has 32 heavy (non-hydrogen) atoms. The van der Waals surface area contributed by atoms with Crippen LogP contribution in [-0.2, 0) is 6.54 Å². The molecule has 1 aromatic carbocycles. The first kappa shape index (κ1) is 21.8. The van der Waals surface area contributed by atoms with E-state index >= 15 is 0 Å². The van der Waals surface area contributed by atoms with Crippen LogP contribution in [0.4, 0.5) is 5.69 Å². The molecule has 166 valence electrons. The molecule has 0 aliphatic rings. The third-order valence-corrected chi connectivity index (χ3v) is 5.12. The Hall–Kier alpha value is -3.47. The minimum Gasteiger partial charge on any atom is -0.496 e. The molecule has 0 saturated heterocycles. The summed E-state index contributed by atoms with van der Waals surface area (Å²) < 4.78 is 8.38. The van der Waals surface area contributed by atoms with Gasteiger partial charge in [-0.3, -0.25) is 9.48 Å². The van der Waals surface area contributed by atoms with Gasteiger partial charge in [-0.15, -0.1) is 0 Å². The Bertz CT molecular complexity index is 1270. The number of anilines is 1. The molecule has 0 bridgehead atoms. The van der Waals surface area contributed by atoms with Crippen molar-refractivity contribution >= 4 is 28.8 Å². The van der Waals surface area contributed by atoms with Crippen molar-refractivity contribution in [3.8, 4) is 17.0 Å². The lowest BCUT2D eigenvalue weighted by Crippen LogP contribution is -2.27. The number of methoxy groups -OCH3 is 1. The lowest BCUT2D eigenvalue weighted by molar-refractivity contribution is 0.0187. The molecule has 11 heteroatoms. The molecule has 3 N–H and O–H groups in total. The van der Waals surface area contributed by atoms with E-state index in [9.17, 15) is 15.0 Å². The zero-order valence-corrected chi connectivity index (χ0v) is 18.1. The molecule has 0 saturated carbocycles. The number of nitrogens with one attached hydrogen (secondary N) is 1. The fourth-order valence-electron chi connectivity index (χ4n) is 3.19. The van der Waals surface area contributed by atoms with Crippen LogP contribution in [0.2, 0.25) is 5.02 Å². The first-order chi connectivity index (χ1) is 15.4. The summed E-state index contributed by atoms with van der Waals surface area (Å²) in [6, 6.07) is 6.76. The van der Waals surface area contributed by atoms with E-state index in [1.54, 1.807) is 42.9 Å². The normalized spacial score (nSPS) is 13.2. The molecule has 0 unspecified atom stereocenters. The maximum atomic E-state index is 13.0. The predicted molar refractivity (Wildman–Crippen MR) is 118 cm³/mol. The van der Waals surface area contributed by atoms with Crippen LogP contribution in [0.25, 0.3) is 16.9 Å². The molecule has 0 aliphatic carbocycles. The van der Waals surface area contributed by atoms with Gasteiger partial charge in [-0.25, -0.2) is 9.50 Å². The van der Waals surface area contributed by atoms with Crippen LogP contribution in [0.15, 0.2) is 49.1 Å². The number of fused-ring (bicyclic) bond motifs is 1. The molecule has 0 spiro atoms. The molecule has 0 radical (unpaired) electrons. The van der Waals surface area contributed by atoms with Gasteiger partial charge in [0, 0.05) is 29.2 Å². The van der Waals surface area contributed by atoms with Crippen LogP contribution in [0.1, 0.15) is 17.3 Å². The summed E-state index contributed by atoms with van der Waals surface area (Å²) in [5, 5.41) is 31.7. The zero-order chi connectivity index (χ0) is 22.8. The maximum absolute atomic E-state index is 13.0. The van der Waals surface area contributed by atoms with Crippen LogP contribution < -0.4 is 10.1 Å². The van der Waals surface area contributed by atoms with E-state index in [-0.39, 0.29) is 12.1 Å². The molecule has 3 heterocycles. The van der Waals surface area contributed by atoms with Crippen molar-refractivity contribution in [2.75, 3.05) is 12.4 Å². The highest BCUT2D eigenvalue weighted by molar-refractivity contribution is 6.31. The zero-order valence-electron chi connectivity index (χ0n) is 17.3. The quantitative estimate of drug-likeness (QED) is 0.389. The van der Waals surface area contributed by atoms with E-state index in [1.807, 2.05) is 0 Å². The number of aliphatic hydroxyl groups is 2. The predicted octanol–water partition coefficient (Wildman–Crippen LogP) is 2.25. The number of halogens is 1. The van der Waals surface area contributed by atoms with Gasteiger partial charge in [-0.1, -0.05) is 11.6 Å². The van der Waals surface area contributed by atoms with E-state index in [4.69, 9.17) is 16.3 Å². The maximum Gasteiger partial charge on any atom is 0.261 e. The number of rotatable bonds is 7. The number of benzene rings is 1. The average molecular weight is 457 g/mol. The van der Waals surface area contributed by atoms with Gasteiger partial charge in [-0.05, 0) is 31.2 Å². The molecule has 1 amide bonds. The third-order valence-electron chi connectivity index (χ3n) is 4.88. The van der Waals surface area contributed by atoms with Crippen LogP contribution in [0, 0.1) is 0 Å². The number of hydrogen-bond acceptors (Lipinski definition) is 7. The molecular formula is C21H21ClN6O4. The van der Waals surface area contributed by atoms with Crippen LogP contribution in [0.5, 0.6) is 5.75 Å². The summed E-state index contributed by atoms with van der Waals surface area (Å²) in [4.78, 5) is 17.3. The largest absolute Gasteiger partial charge is 0.496 e. The molecule has 0 aliphatic heterocycles. The van der Waals surface area contributed by atoms with E-state index < -0.39 is 18.1 Å². The van der Waals surface area contributed by atoms with Crippen molar-refractivity contribution < 1.29 is 19.7 Å². The van der Waals surface area contributed by atoms with Crippen molar-refractivity contribution in [1.82, 2.24) is 24.4 Å². The number of ether oxygens (including phenoxy) is 1. The molecule has 3 aromatic heterocycles. The molecule has 2 atom stereocenters. The Morgan fingerprint density at radius 1 is 1.34 bits per heavy atom. The van der Waals surface area contributed by atoms with Gasteiger partial charge in [0.15, 0.2) is 5.65 Å². The molecule has 4 aromatic rings. The topological polar surface area (TPSA) is 127 Å². The highest BCUT2D eigenvalue weighted by Gasteiger charge is 2.22. The third kappa shape index (κ3) is 4.28. The van der Waals surface area contributed by atoms with Gasteiger partial charge in [0.25, 0.3) is 5.91 Å². The molecular weight excluding hydrogens is 436 g/mol. The number of carbonyl (C=O) groups is 1. The summed E-state index contributed by atoms with van der Waals surface area (Å²) in [7, 11) is 1.52. The summed E-state index contributed by atoms with van der Waals surface area (Å²) in [6.45, 7) is 1.50. The first-order valence-electron chi connectivity index (χ1n) is 9.74.